The predicted molar refractivity (Wildman–Crippen MR) is 67.7 cm³/mol. The Bertz CT molecular complexity index is 500. The summed E-state index contributed by atoms with van der Waals surface area (Å²) >= 11 is 0. The Morgan fingerprint density at radius 1 is 1.28 bits per heavy atom. The van der Waals surface area contributed by atoms with Crippen LogP contribution in [0.4, 0.5) is 5.69 Å². The number of aryl methyl sites for hydroxylation is 1. The third-order valence-corrected chi connectivity index (χ3v) is 2.30. The second-order valence-corrected chi connectivity index (χ2v) is 5.03. The van der Waals surface area contributed by atoms with E-state index in [0.29, 0.717) is 5.56 Å². The highest BCUT2D eigenvalue weighted by Crippen LogP contribution is 2.24. The van der Waals surface area contributed by atoms with E-state index < -0.39 is 17.5 Å². The van der Waals surface area contributed by atoms with Gasteiger partial charge in [0.25, 0.3) is 0 Å². The average Bonchev–Trinajstić information content (AvgIpc) is 2.18. The van der Waals surface area contributed by atoms with Gasteiger partial charge in [-0.1, -0.05) is 6.07 Å². The van der Waals surface area contributed by atoms with Crippen molar-refractivity contribution in [1.29, 1.82) is 0 Å². The van der Waals surface area contributed by atoms with Gasteiger partial charge in [0.05, 0.1) is 11.1 Å². The number of nitrogen functional groups attached to an aromatic ring is 1. The standard InChI is InChI=1S/C13H17NO4/c1-7-5-6-8(11(15)16)9(10(7)14)12(17)18-13(2,3)4/h5-6H,14H2,1-4H3,(H,15,16). The minimum atomic E-state index is -1.21. The highest BCUT2D eigenvalue weighted by atomic mass is 16.6. The molecule has 0 aliphatic heterocycles. The van der Waals surface area contributed by atoms with Crippen molar-refractivity contribution < 1.29 is 19.4 Å². The van der Waals surface area contributed by atoms with E-state index in [1.54, 1.807) is 33.8 Å². The SMILES string of the molecule is Cc1ccc(C(=O)O)c(C(=O)OC(C)(C)C)c1N. The lowest BCUT2D eigenvalue weighted by Crippen LogP contribution is -2.26. The van der Waals surface area contributed by atoms with Gasteiger partial charge in [-0.25, -0.2) is 9.59 Å². The van der Waals surface area contributed by atoms with E-state index in [4.69, 9.17) is 15.6 Å². The largest absolute Gasteiger partial charge is 0.478 e. The predicted octanol–water partition coefficient (Wildman–Crippen LogP) is 2.23. The number of aromatic carboxylic acids is 1. The molecular formula is C13H17NO4. The lowest BCUT2D eigenvalue weighted by atomic mass is 10.0. The monoisotopic (exact) mass is 251 g/mol. The molecule has 0 unspecified atom stereocenters. The van der Waals surface area contributed by atoms with E-state index in [2.05, 4.69) is 0 Å². The molecule has 0 heterocycles. The highest BCUT2D eigenvalue weighted by molar-refractivity contribution is 6.06. The van der Waals surface area contributed by atoms with Crippen molar-refractivity contribution in [1.82, 2.24) is 0 Å². The number of benzene rings is 1. The van der Waals surface area contributed by atoms with Crippen LogP contribution in [0.1, 0.15) is 47.1 Å². The fourth-order valence-electron chi connectivity index (χ4n) is 1.45. The van der Waals surface area contributed by atoms with Gasteiger partial charge in [0, 0.05) is 5.69 Å². The van der Waals surface area contributed by atoms with Crippen molar-refractivity contribution in [2.24, 2.45) is 0 Å². The summed E-state index contributed by atoms with van der Waals surface area (Å²) in [6, 6.07) is 2.92. The first-order chi connectivity index (χ1) is 8.13. The average molecular weight is 251 g/mol. The van der Waals surface area contributed by atoms with Gasteiger partial charge in [0.15, 0.2) is 0 Å². The number of rotatable bonds is 2. The molecule has 0 radical (unpaired) electrons. The van der Waals surface area contributed by atoms with Crippen LogP contribution in [-0.4, -0.2) is 22.6 Å². The number of hydrogen-bond acceptors (Lipinski definition) is 4. The number of carbonyl (C=O) groups is 2. The van der Waals surface area contributed by atoms with Crippen molar-refractivity contribution in [3.05, 3.63) is 28.8 Å². The fourth-order valence-corrected chi connectivity index (χ4v) is 1.45. The maximum absolute atomic E-state index is 12.0. The number of anilines is 1. The number of carboxylic acid groups (broad SMARTS) is 1. The number of carbonyl (C=O) groups excluding carboxylic acids is 1. The third-order valence-electron chi connectivity index (χ3n) is 2.30. The summed E-state index contributed by atoms with van der Waals surface area (Å²) in [6.45, 7) is 6.82. The van der Waals surface area contributed by atoms with E-state index in [1.807, 2.05) is 0 Å². The molecule has 0 saturated carbocycles. The van der Waals surface area contributed by atoms with Gasteiger partial charge in [0.1, 0.15) is 5.60 Å². The summed E-state index contributed by atoms with van der Waals surface area (Å²) in [7, 11) is 0. The fraction of sp³-hybridized carbons (Fsp3) is 0.385. The zero-order chi connectivity index (χ0) is 14.1. The second kappa shape index (κ2) is 4.68. The maximum Gasteiger partial charge on any atom is 0.341 e. The van der Waals surface area contributed by atoms with Crippen LogP contribution in [0.15, 0.2) is 12.1 Å². The van der Waals surface area contributed by atoms with Crippen LogP contribution in [-0.2, 0) is 4.74 Å². The summed E-state index contributed by atoms with van der Waals surface area (Å²) < 4.78 is 5.17. The molecule has 3 N–H and O–H groups in total. The molecule has 0 fully saturated rings. The molecule has 98 valence electrons. The van der Waals surface area contributed by atoms with Crippen LogP contribution in [0.2, 0.25) is 0 Å². The zero-order valence-electron chi connectivity index (χ0n) is 10.9. The quantitative estimate of drug-likeness (QED) is 0.621. The lowest BCUT2D eigenvalue weighted by Gasteiger charge is -2.21. The van der Waals surface area contributed by atoms with Crippen molar-refractivity contribution in [2.45, 2.75) is 33.3 Å². The molecule has 0 saturated heterocycles. The molecule has 0 atom stereocenters. The Hall–Kier alpha value is -2.04. The summed E-state index contributed by atoms with van der Waals surface area (Å²) in [5.41, 5.74) is 5.62. The molecule has 5 heteroatoms. The number of esters is 1. The van der Waals surface area contributed by atoms with E-state index in [9.17, 15) is 9.59 Å². The van der Waals surface area contributed by atoms with Gasteiger partial charge >= 0.3 is 11.9 Å². The maximum atomic E-state index is 12.0. The summed E-state index contributed by atoms with van der Waals surface area (Å²) in [6.07, 6.45) is 0. The van der Waals surface area contributed by atoms with Crippen LogP contribution >= 0.6 is 0 Å². The minimum absolute atomic E-state index is 0.0857. The Balaban J connectivity index is 3.33. The van der Waals surface area contributed by atoms with Crippen molar-refractivity contribution in [2.75, 3.05) is 5.73 Å². The van der Waals surface area contributed by atoms with E-state index in [-0.39, 0.29) is 16.8 Å². The van der Waals surface area contributed by atoms with Crippen molar-refractivity contribution >= 4 is 17.6 Å². The topological polar surface area (TPSA) is 89.6 Å². The first-order valence-electron chi connectivity index (χ1n) is 5.49. The van der Waals surface area contributed by atoms with E-state index in [0.717, 1.165) is 0 Å². The summed E-state index contributed by atoms with van der Waals surface area (Å²) in [4.78, 5) is 23.1. The van der Waals surface area contributed by atoms with Gasteiger partial charge < -0.3 is 15.6 Å². The smallest absolute Gasteiger partial charge is 0.341 e. The Morgan fingerprint density at radius 3 is 2.28 bits per heavy atom. The molecule has 0 aliphatic carbocycles. The molecule has 18 heavy (non-hydrogen) atoms. The Labute approximate surface area is 106 Å². The molecular weight excluding hydrogens is 234 g/mol. The molecule has 0 bridgehead atoms. The van der Waals surface area contributed by atoms with Crippen LogP contribution in [0.3, 0.4) is 0 Å². The van der Waals surface area contributed by atoms with Crippen LogP contribution in [0, 0.1) is 6.92 Å². The van der Waals surface area contributed by atoms with E-state index in [1.165, 1.54) is 6.07 Å². The highest BCUT2D eigenvalue weighted by Gasteiger charge is 2.25. The molecule has 0 spiro atoms. The van der Waals surface area contributed by atoms with E-state index >= 15 is 0 Å². The van der Waals surface area contributed by atoms with Crippen LogP contribution < -0.4 is 5.73 Å². The Kier molecular flexibility index (Phi) is 3.65. The molecule has 0 aromatic heterocycles. The van der Waals surface area contributed by atoms with Gasteiger partial charge in [0.2, 0.25) is 0 Å². The number of nitrogens with two attached hydrogens (primary N) is 1. The van der Waals surface area contributed by atoms with Crippen molar-refractivity contribution in [3.63, 3.8) is 0 Å². The first-order valence-corrected chi connectivity index (χ1v) is 5.49. The zero-order valence-corrected chi connectivity index (χ0v) is 10.9. The molecule has 1 aromatic carbocycles. The molecule has 1 rings (SSSR count). The normalized spacial score (nSPS) is 11.1. The van der Waals surface area contributed by atoms with Gasteiger partial charge in [-0.2, -0.15) is 0 Å². The third kappa shape index (κ3) is 3.00. The van der Waals surface area contributed by atoms with Crippen molar-refractivity contribution in [3.8, 4) is 0 Å². The van der Waals surface area contributed by atoms with Gasteiger partial charge in [-0.05, 0) is 39.3 Å². The number of carboxylic acids is 1. The molecule has 0 amide bonds. The first kappa shape index (κ1) is 14.0. The minimum Gasteiger partial charge on any atom is -0.478 e. The van der Waals surface area contributed by atoms with Gasteiger partial charge in [-0.15, -0.1) is 0 Å². The lowest BCUT2D eigenvalue weighted by molar-refractivity contribution is 0.00671. The second-order valence-electron chi connectivity index (χ2n) is 5.03. The van der Waals surface area contributed by atoms with Crippen LogP contribution in [0.5, 0.6) is 0 Å². The molecule has 1 aromatic rings. The summed E-state index contributed by atoms with van der Waals surface area (Å²) in [5, 5.41) is 9.06. The number of ether oxygens (including phenoxy) is 1. The number of hydrogen-bond donors (Lipinski definition) is 2. The summed E-state index contributed by atoms with van der Waals surface area (Å²) in [5.74, 6) is -1.93. The van der Waals surface area contributed by atoms with Gasteiger partial charge in [-0.3, -0.25) is 0 Å². The Morgan fingerprint density at radius 2 is 1.83 bits per heavy atom. The molecule has 0 aliphatic rings. The molecule has 5 nitrogen and oxygen atoms in total. The van der Waals surface area contributed by atoms with Crippen LogP contribution in [0.25, 0.3) is 0 Å².